The fourth-order valence-electron chi connectivity index (χ4n) is 1.08. The van der Waals surface area contributed by atoms with Crippen molar-refractivity contribution in [2.24, 2.45) is 0 Å². The molecule has 1 aromatic heterocycles. The van der Waals surface area contributed by atoms with Crippen molar-refractivity contribution in [3.05, 3.63) is 34.6 Å². The van der Waals surface area contributed by atoms with E-state index >= 15 is 0 Å². The van der Waals surface area contributed by atoms with Gasteiger partial charge < -0.3 is 0 Å². The number of benzene rings is 1. The molecule has 0 spiro atoms. The van der Waals surface area contributed by atoms with Crippen LogP contribution in [0.2, 0.25) is 5.15 Å². The van der Waals surface area contributed by atoms with Crippen molar-refractivity contribution in [1.82, 2.24) is 9.97 Å². The Labute approximate surface area is 85.5 Å². The van der Waals surface area contributed by atoms with E-state index in [4.69, 9.17) is 11.6 Å². The van der Waals surface area contributed by atoms with E-state index in [9.17, 15) is 17.6 Å². The zero-order chi connectivity index (χ0) is 11.2. The second-order valence-corrected chi connectivity index (χ2v) is 3.03. The summed E-state index contributed by atoms with van der Waals surface area (Å²) in [7, 11) is 0. The van der Waals surface area contributed by atoms with Crippen molar-refractivity contribution < 1.29 is 17.6 Å². The molecule has 2 rings (SSSR count). The number of halogens is 5. The Morgan fingerprint density at radius 3 is 2.00 bits per heavy atom. The van der Waals surface area contributed by atoms with Gasteiger partial charge in [-0.2, -0.15) is 0 Å². The van der Waals surface area contributed by atoms with Crippen LogP contribution in [-0.2, 0) is 0 Å². The van der Waals surface area contributed by atoms with Gasteiger partial charge in [-0.15, -0.1) is 0 Å². The Morgan fingerprint density at radius 2 is 1.40 bits per heavy atom. The first-order valence-corrected chi connectivity index (χ1v) is 4.04. The normalized spacial score (nSPS) is 11.0. The van der Waals surface area contributed by atoms with Gasteiger partial charge in [-0.25, -0.2) is 27.5 Å². The third-order valence-electron chi connectivity index (χ3n) is 1.74. The zero-order valence-electron chi connectivity index (χ0n) is 6.86. The van der Waals surface area contributed by atoms with Crippen LogP contribution in [0.4, 0.5) is 17.6 Å². The average Bonchev–Trinajstić information content (AvgIpc) is 2.23. The summed E-state index contributed by atoms with van der Waals surface area (Å²) in [5.41, 5.74) is -1.44. The molecule has 2 nitrogen and oxygen atoms in total. The van der Waals surface area contributed by atoms with Crippen molar-refractivity contribution in [3.8, 4) is 0 Å². The van der Waals surface area contributed by atoms with Crippen molar-refractivity contribution in [2.45, 2.75) is 0 Å². The van der Waals surface area contributed by atoms with Gasteiger partial charge in [0.15, 0.2) is 23.3 Å². The van der Waals surface area contributed by atoms with Crippen molar-refractivity contribution >= 4 is 22.6 Å². The third-order valence-corrected chi connectivity index (χ3v) is 1.92. The predicted octanol–water partition coefficient (Wildman–Crippen LogP) is 2.84. The molecule has 0 saturated heterocycles. The number of fused-ring (bicyclic) bond motifs is 1. The first kappa shape index (κ1) is 10.1. The van der Waals surface area contributed by atoms with Crippen LogP contribution < -0.4 is 0 Å². The van der Waals surface area contributed by atoms with E-state index in [-0.39, 0.29) is 5.15 Å². The summed E-state index contributed by atoms with van der Waals surface area (Å²) in [6.07, 6.45) is 0.907. The molecule has 0 bridgehead atoms. The second-order valence-electron chi connectivity index (χ2n) is 2.65. The van der Waals surface area contributed by atoms with Gasteiger partial charge in [0.05, 0.1) is 6.20 Å². The van der Waals surface area contributed by atoms with E-state index in [1.807, 2.05) is 0 Å². The first-order valence-electron chi connectivity index (χ1n) is 3.66. The van der Waals surface area contributed by atoms with E-state index in [1.54, 1.807) is 0 Å². The molecule has 0 radical (unpaired) electrons. The van der Waals surface area contributed by atoms with Crippen molar-refractivity contribution in [2.75, 3.05) is 0 Å². The first-order chi connectivity index (χ1) is 7.02. The SMILES string of the molecule is Fc1c(F)c(F)c2nc(Cl)cnc2c1F. The highest BCUT2D eigenvalue weighted by Crippen LogP contribution is 2.24. The number of rotatable bonds is 0. The molecule has 0 unspecified atom stereocenters. The van der Waals surface area contributed by atoms with Gasteiger partial charge in [0.25, 0.3) is 0 Å². The molecular weight excluding hydrogens is 236 g/mol. The fraction of sp³-hybridized carbons (Fsp3) is 0. The molecule has 1 heterocycles. The minimum absolute atomic E-state index is 0.244. The van der Waals surface area contributed by atoms with Crippen LogP contribution in [0.25, 0.3) is 11.0 Å². The number of aromatic nitrogens is 2. The van der Waals surface area contributed by atoms with Crippen LogP contribution in [0.5, 0.6) is 0 Å². The molecule has 0 amide bonds. The summed E-state index contributed by atoms with van der Waals surface area (Å²) < 4.78 is 51.6. The summed E-state index contributed by atoms with van der Waals surface area (Å²) in [5.74, 6) is -7.06. The molecule has 2 aromatic rings. The lowest BCUT2D eigenvalue weighted by atomic mass is 10.2. The lowest BCUT2D eigenvalue weighted by Gasteiger charge is -2.02. The van der Waals surface area contributed by atoms with Gasteiger partial charge in [0.2, 0.25) is 0 Å². The highest BCUT2D eigenvalue weighted by molar-refractivity contribution is 6.29. The summed E-state index contributed by atoms with van der Waals surface area (Å²) >= 11 is 5.36. The highest BCUT2D eigenvalue weighted by atomic mass is 35.5. The van der Waals surface area contributed by atoms with Crippen LogP contribution in [0.1, 0.15) is 0 Å². The number of nitrogens with zero attached hydrogens (tertiary/aromatic N) is 2. The molecule has 0 N–H and O–H groups in total. The second kappa shape index (κ2) is 3.30. The number of hydrogen-bond donors (Lipinski definition) is 0. The summed E-state index contributed by atoms with van der Waals surface area (Å²) in [4.78, 5) is 6.65. The lowest BCUT2D eigenvalue weighted by molar-refractivity contribution is 0.416. The van der Waals surface area contributed by atoms with Crippen molar-refractivity contribution in [3.63, 3.8) is 0 Å². The maximum atomic E-state index is 13.1. The number of hydrogen-bond acceptors (Lipinski definition) is 2. The molecular formula is C8HClF4N2. The molecule has 0 atom stereocenters. The predicted molar refractivity (Wildman–Crippen MR) is 44.4 cm³/mol. The Bertz CT molecular complexity index is 558. The summed E-state index contributed by atoms with van der Waals surface area (Å²) in [5, 5.41) is -0.244. The van der Waals surface area contributed by atoms with Gasteiger partial charge in [-0.1, -0.05) is 11.6 Å². The Kier molecular flexibility index (Phi) is 2.22. The van der Waals surface area contributed by atoms with Crippen LogP contribution in [-0.4, -0.2) is 9.97 Å². The minimum Gasteiger partial charge on any atom is -0.248 e. The molecule has 0 aliphatic heterocycles. The van der Waals surface area contributed by atoms with E-state index in [0.717, 1.165) is 6.20 Å². The molecule has 1 aromatic carbocycles. The topological polar surface area (TPSA) is 25.8 Å². The summed E-state index contributed by atoms with van der Waals surface area (Å²) in [6, 6.07) is 0. The highest BCUT2D eigenvalue weighted by Gasteiger charge is 2.22. The maximum absolute atomic E-state index is 13.1. The molecule has 78 valence electrons. The van der Waals surface area contributed by atoms with Gasteiger partial charge in [-0.3, -0.25) is 0 Å². The van der Waals surface area contributed by atoms with Gasteiger partial charge in [0.1, 0.15) is 16.2 Å². The monoisotopic (exact) mass is 236 g/mol. The largest absolute Gasteiger partial charge is 0.248 e. The molecule has 15 heavy (non-hydrogen) atoms. The lowest BCUT2D eigenvalue weighted by Crippen LogP contribution is -2.01. The van der Waals surface area contributed by atoms with E-state index in [0.29, 0.717) is 0 Å². The van der Waals surface area contributed by atoms with Gasteiger partial charge in [-0.05, 0) is 0 Å². The maximum Gasteiger partial charge on any atom is 0.199 e. The van der Waals surface area contributed by atoms with Gasteiger partial charge >= 0.3 is 0 Å². The van der Waals surface area contributed by atoms with E-state index in [1.165, 1.54) is 0 Å². The van der Waals surface area contributed by atoms with E-state index in [2.05, 4.69) is 9.97 Å². The molecule has 0 aliphatic rings. The molecule has 0 aliphatic carbocycles. The Hall–Kier alpha value is -1.43. The van der Waals surface area contributed by atoms with E-state index < -0.39 is 34.3 Å². The minimum atomic E-state index is -1.93. The summed E-state index contributed by atoms with van der Waals surface area (Å²) in [6.45, 7) is 0. The molecule has 7 heteroatoms. The van der Waals surface area contributed by atoms with Crippen LogP contribution in [0.3, 0.4) is 0 Å². The standard InChI is InChI=1S/C8HClF4N2/c9-2-1-14-7-5(12)3(10)4(11)6(13)8(7)15-2/h1H. The Morgan fingerprint density at radius 1 is 0.867 bits per heavy atom. The van der Waals surface area contributed by atoms with Crippen LogP contribution in [0.15, 0.2) is 6.20 Å². The molecule has 0 saturated carbocycles. The van der Waals surface area contributed by atoms with Crippen LogP contribution in [0, 0.1) is 23.3 Å². The Balaban J connectivity index is 3.00. The average molecular weight is 237 g/mol. The quantitative estimate of drug-likeness (QED) is 0.399. The fourth-order valence-corrected chi connectivity index (χ4v) is 1.22. The molecule has 0 fully saturated rings. The van der Waals surface area contributed by atoms with Crippen LogP contribution >= 0.6 is 11.6 Å². The smallest absolute Gasteiger partial charge is 0.199 e. The van der Waals surface area contributed by atoms with Gasteiger partial charge in [0, 0.05) is 0 Å². The third kappa shape index (κ3) is 1.41. The zero-order valence-corrected chi connectivity index (χ0v) is 7.62. The van der Waals surface area contributed by atoms with Crippen molar-refractivity contribution in [1.29, 1.82) is 0 Å².